The minimum atomic E-state index is -0.0983. The third-order valence-electron chi connectivity index (χ3n) is 7.23. The number of rotatable bonds is 5. The molecule has 9 nitrogen and oxygen atoms in total. The van der Waals surface area contributed by atoms with Gasteiger partial charge in [0.05, 0.1) is 13.7 Å². The number of carbonyl (C=O) groups excluding carboxylic acids is 2. The Kier molecular flexibility index (Phi) is 8.85. The topological polar surface area (TPSA) is 93.5 Å². The first-order valence-corrected chi connectivity index (χ1v) is 14.4. The zero-order valence-corrected chi connectivity index (χ0v) is 23.8. The smallest absolute Gasteiger partial charge is 0.268 e. The van der Waals surface area contributed by atoms with Gasteiger partial charge in [0.15, 0.2) is 0 Å². The van der Waals surface area contributed by atoms with Crippen molar-refractivity contribution in [2.45, 2.75) is 52.1 Å². The molecule has 2 amide bonds. The van der Waals surface area contributed by atoms with E-state index in [-0.39, 0.29) is 11.8 Å². The molecule has 0 fully saturated rings. The molecule has 0 atom stereocenters. The van der Waals surface area contributed by atoms with E-state index in [0.29, 0.717) is 36.8 Å². The Morgan fingerprint density at radius 3 is 2.50 bits per heavy atom. The second-order valence-electron chi connectivity index (χ2n) is 10.0. The molecule has 10 heteroatoms. The van der Waals surface area contributed by atoms with Crippen molar-refractivity contribution in [3.8, 4) is 17.0 Å². The summed E-state index contributed by atoms with van der Waals surface area (Å²) in [6, 6.07) is 15.6. The van der Waals surface area contributed by atoms with Crippen LogP contribution in [0.25, 0.3) is 11.3 Å². The average molecular weight is 559 g/mol. The Balaban J connectivity index is 1.49. The predicted molar refractivity (Wildman–Crippen MR) is 156 cm³/mol. The molecule has 0 N–H and O–H groups in total. The Hall–Kier alpha value is -4.05. The van der Waals surface area contributed by atoms with E-state index in [2.05, 4.69) is 26.8 Å². The third-order valence-corrected chi connectivity index (χ3v) is 7.94. The van der Waals surface area contributed by atoms with E-state index in [1.807, 2.05) is 57.1 Å². The summed E-state index contributed by atoms with van der Waals surface area (Å²) in [5, 5.41) is 8.64. The van der Waals surface area contributed by atoms with Crippen molar-refractivity contribution in [2.75, 3.05) is 25.1 Å². The number of ether oxygens (including phenoxy) is 1. The molecule has 0 unspecified atom stereocenters. The standard InChI is InChI=1S/C30H34N6O3S/c1-22(37)36-18-7-5-3-4-6-16-34(21-25-10-9-23(19-27(25)36)20-35-17-8-15-31-35)30(38)29-28(32-33-40-29)24-11-13-26(39-2)14-12-24/h8-15,17,19H,3-7,16,18,20-21H2,1-2H3. The second kappa shape index (κ2) is 12.9. The van der Waals surface area contributed by atoms with Gasteiger partial charge < -0.3 is 14.5 Å². The first kappa shape index (κ1) is 27.5. The van der Waals surface area contributed by atoms with E-state index in [9.17, 15) is 9.59 Å². The zero-order chi connectivity index (χ0) is 27.9. The van der Waals surface area contributed by atoms with Crippen LogP contribution in [0.4, 0.5) is 5.69 Å². The number of methoxy groups -OCH3 is 1. The van der Waals surface area contributed by atoms with Crippen LogP contribution in [-0.4, -0.2) is 56.3 Å². The van der Waals surface area contributed by atoms with Crippen LogP contribution in [0.5, 0.6) is 5.75 Å². The molecule has 0 spiro atoms. The van der Waals surface area contributed by atoms with Crippen LogP contribution >= 0.6 is 11.5 Å². The molecule has 5 rings (SSSR count). The second-order valence-corrected chi connectivity index (χ2v) is 10.8. The van der Waals surface area contributed by atoms with Gasteiger partial charge in [0.2, 0.25) is 5.91 Å². The fraction of sp³-hybridized carbons (Fsp3) is 0.367. The van der Waals surface area contributed by atoms with Gasteiger partial charge in [0.25, 0.3) is 5.91 Å². The molecular formula is C30H34N6O3S. The molecule has 0 bridgehead atoms. The quantitative estimate of drug-likeness (QED) is 0.325. The summed E-state index contributed by atoms with van der Waals surface area (Å²) in [5.41, 5.74) is 4.24. The Labute approximate surface area is 238 Å². The highest BCUT2D eigenvalue weighted by atomic mass is 32.1. The molecule has 2 aromatic carbocycles. The average Bonchev–Trinajstić information content (AvgIpc) is 3.66. The lowest BCUT2D eigenvalue weighted by Crippen LogP contribution is -2.35. The largest absolute Gasteiger partial charge is 0.497 e. The molecule has 0 saturated heterocycles. The number of nitrogens with zero attached hydrogens (tertiary/aromatic N) is 6. The van der Waals surface area contributed by atoms with Crippen LogP contribution in [0.15, 0.2) is 60.9 Å². The number of fused-ring (bicyclic) bond motifs is 1. The summed E-state index contributed by atoms with van der Waals surface area (Å²) >= 11 is 1.12. The lowest BCUT2D eigenvalue weighted by atomic mass is 10.0. The van der Waals surface area contributed by atoms with E-state index >= 15 is 0 Å². The maximum atomic E-state index is 14.0. The molecule has 208 valence electrons. The van der Waals surface area contributed by atoms with E-state index < -0.39 is 0 Å². The van der Waals surface area contributed by atoms with Gasteiger partial charge in [-0.15, -0.1) is 5.10 Å². The minimum Gasteiger partial charge on any atom is -0.497 e. The summed E-state index contributed by atoms with van der Waals surface area (Å²) in [7, 11) is 1.62. The fourth-order valence-corrected chi connectivity index (χ4v) is 5.75. The highest BCUT2D eigenvalue weighted by Crippen LogP contribution is 2.30. The van der Waals surface area contributed by atoms with Crippen LogP contribution in [0, 0.1) is 0 Å². The van der Waals surface area contributed by atoms with Gasteiger partial charge in [-0.25, -0.2) is 0 Å². The molecular weight excluding hydrogens is 524 g/mol. The molecule has 2 aromatic heterocycles. The van der Waals surface area contributed by atoms with Gasteiger partial charge in [0, 0.05) is 50.2 Å². The Bertz CT molecular complexity index is 1430. The van der Waals surface area contributed by atoms with Crippen LogP contribution in [-0.2, 0) is 17.9 Å². The summed E-state index contributed by atoms with van der Waals surface area (Å²) in [6.45, 7) is 3.88. The normalized spacial score (nSPS) is 14.7. The molecule has 0 radical (unpaired) electrons. The molecule has 0 aliphatic carbocycles. The SMILES string of the molecule is COc1ccc(-c2nnsc2C(=O)N2CCCCCCCN(C(C)=O)c3cc(Cn4cccn4)ccc3C2)cc1. The first-order valence-electron chi connectivity index (χ1n) is 13.7. The summed E-state index contributed by atoms with van der Waals surface area (Å²) in [4.78, 5) is 31.2. The lowest BCUT2D eigenvalue weighted by molar-refractivity contribution is -0.116. The number of amides is 2. The van der Waals surface area contributed by atoms with Gasteiger partial charge in [-0.3, -0.25) is 14.3 Å². The molecule has 4 aromatic rings. The third kappa shape index (κ3) is 6.39. The zero-order valence-electron chi connectivity index (χ0n) is 23.0. The molecule has 40 heavy (non-hydrogen) atoms. The predicted octanol–water partition coefficient (Wildman–Crippen LogP) is 5.42. The Morgan fingerprint density at radius 2 is 1.77 bits per heavy atom. The highest BCUT2D eigenvalue weighted by molar-refractivity contribution is 7.08. The van der Waals surface area contributed by atoms with Crippen LogP contribution in [0.3, 0.4) is 0 Å². The van der Waals surface area contributed by atoms with Gasteiger partial charge in [0.1, 0.15) is 16.3 Å². The first-order chi connectivity index (χ1) is 19.5. The van der Waals surface area contributed by atoms with Gasteiger partial charge in [-0.2, -0.15) is 5.10 Å². The van der Waals surface area contributed by atoms with Crippen LogP contribution in [0.1, 0.15) is 59.8 Å². The van der Waals surface area contributed by atoms with Crippen LogP contribution < -0.4 is 9.64 Å². The number of carbonyl (C=O) groups is 2. The number of aromatic nitrogens is 4. The maximum absolute atomic E-state index is 14.0. The van der Waals surface area contributed by atoms with Crippen molar-refractivity contribution in [2.24, 2.45) is 0 Å². The lowest BCUT2D eigenvalue weighted by Gasteiger charge is -2.29. The van der Waals surface area contributed by atoms with Crippen molar-refractivity contribution < 1.29 is 14.3 Å². The Morgan fingerprint density at radius 1 is 1.00 bits per heavy atom. The summed E-state index contributed by atoms with van der Waals surface area (Å²) < 4.78 is 11.3. The van der Waals surface area contributed by atoms with Crippen molar-refractivity contribution in [1.29, 1.82) is 0 Å². The highest BCUT2D eigenvalue weighted by Gasteiger charge is 2.26. The van der Waals surface area contributed by atoms with E-state index in [1.54, 1.807) is 20.2 Å². The van der Waals surface area contributed by atoms with Crippen molar-refractivity contribution in [3.05, 3.63) is 76.9 Å². The number of hydrogen-bond donors (Lipinski definition) is 0. The van der Waals surface area contributed by atoms with Crippen molar-refractivity contribution in [1.82, 2.24) is 24.3 Å². The number of benzene rings is 2. The number of anilines is 1. The molecule has 3 heterocycles. The monoisotopic (exact) mass is 558 g/mol. The minimum absolute atomic E-state index is 0.000809. The van der Waals surface area contributed by atoms with Crippen molar-refractivity contribution in [3.63, 3.8) is 0 Å². The number of hydrogen-bond acceptors (Lipinski definition) is 7. The van der Waals surface area contributed by atoms with Gasteiger partial charge >= 0.3 is 0 Å². The van der Waals surface area contributed by atoms with Crippen LogP contribution in [0.2, 0.25) is 0 Å². The maximum Gasteiger partial charge on any atom is 0.268 e. The van der Waals surface area contributed by atoms with E-state index in [0.717, 1.165) is 71.8 Å². The summed E-state index contributed by atoms with van der Waals surface area (Å²) in [5.74, 6) is 0.640. The van der Waals surface area contributed by atoms with E-state index in [1.165, 1.54) is 0 Å². The molecule has 1 aliphatic rings. The summed E-state index contributed by atoms with van der Waals surface area (Å²) in [6.07, 6.45) is 8.69. The van der Waals surface area contributed by atoms with Gasteiger partial charge in [-0.1, -0.05) is 35.9 Å². The molecule has 0 saturated carbocycles. The van der Waals surface area contributed by atoms with E-state index in [4.69, 9.17) is 4.74 Å². The van der Waals surface area contributed by atoms with Crippen molar-refractivity contribution >= 4 is 29.0 Å². The van der Waals surface area contributed by atoms with Gasteiger partial charge in [-0.05, 0) is 71.9 Å². The fourth-order valence-electron chi connectivity index (χ4n) is 5.09. The molecule has 1 aliphatic heterocycles.